The molecular weight excluding hydrogens is 415 g/mol. The Balaban J connectivity index is 0.00000208. The second-order valence-corrected chi connectivity index (χ2v) is 6.71. The monoisotopic (exact) mass is 444 g/mol. The molecule has 2 aliphatic rings. The first kappa shape index (κ1) is 19.3. The van der Waals surface area contributed by atoms with Crippen LogP contribution in [0, 0.1) is 0 Å². The van der Waals surface area contributed by atoms with Crippen molar-refractivity contribution in [2.75, 3.05) is 0 Å². The molecule has 0 atom stereocenters. The molecule has 1 heterocycles. The third kappa shape index (κ3) is 6.11. The van der Waals surface area contributed by atoms with Crippen molar-refractivity contribution in [2.24, 2.45) is 10.7 Å². The maximum Gasteiger partial charge on any atom is 0.213 e. The van der Waals surface area contributed by atoms with Crippen LogP contribution in [0.4, 0.5) is 0 Å². The van der Waals surface area contributed by atoms with Crippen molar-refractivity contribution in [1.82, 2.24) is 10.3 Å². The molecule has 3 rings (SSSR count). The molecule has 6 heteroatoms. The molecule has 0 aliphatic heterocycles. The van der Waals surface area contributed by atoms with Crippen LogP contribution in [0.1, 0.15) is 63.4 Å². The number of nitrogens with one attached hydrogen (secondary N) is 1. The quantitative estimate of drug-likeness (QED) is 0.314. The molecule has 0 aromatic carbocycles. The molecule has 0 saturated heterocycles. The van der Waals surface area contributed by atoms with Crippen LogP contribution in [0.15, 0.2) is 23.3 Å². The highest BCUT2D eigenvalue weighted by molar-refractivity contribution is 14.0. The van der Waals surface area contributed by atoms with Gasteiger partial charge < -0.3 is 15.8 Å². The largest absolute Gasteiger partial charge is 0.474 e. The summed E-state index contributed by atoms with van der Waals surface area (Å²) >= 11 is 0. The maximum absolute atomic E-state index is 6.04. The van der Waals surface area contributed by atoms with E-state index in [0.717, 1.165) is 18.4 Å². The fourth-order valence-electron chi connectivity index (χ4n) is 3.13. The van der Waals surface area contributed by atoms with Gasteiger partial charge in [-0.2, -0.15) is 0 Å². The normalized spacial score (nSPS) is 19.8. The maximum atomic E-state index is 6.04. The smallest absolute Gasteiger partial charge is 0.213 e. The summed E-state index contributed by atoms with van der Waals surface area (Å²) in [5, 5.41) is 3.38. The lowest BCUT2D eigenvalue weighted by Crippen LogP contribution is -2.39. The first-order valence-corrected chi connectivity index (χ1v) is 8.97. The zero-order chi connectivity index (χ0) is 15.9. The highest BCUT2D eigenvalue weighted by Crippen LogP contribution is 2.24. The molecule has 2 fully saturated rings. The third-order valence-electron chi connectivity index (χ3n) is 4.78. The third-order valence-corrected chi connectivity index (χ3v) is 4.78. The van der Waals surface area contributed by atoms with Crippen LogP contribution in [-0.2, 0) is 6.54 Å². The van der Waals surface area contributed by atoms with Gasteiger partial charge in [-0.15, -0.1) is 24.0 Å². The van der Waals surface area contributed by atoms with E-state index < -0.39 is 0 Å². The number of pyridine rings is 1. The number of nitrogens with zero attached hydrogens (tertiary/aromatic N) is 2. The van der Waals surface area contributed by atoms with Crippen LogP contribution in [0.5, 0.6) is 5.88 Å². The number of aromatic nitrogens is 1. The number of aliphatic imine (C=N–C) groups is 1. The first-order valence-electron chi connectivity index (χ1n) is 8.97. The number of hydrogen-bond donors (Lipinski definition) is 2. The minimum atomic E-state index is 0. The van der Waals surface area contributed by atoms with Crippen LogP contribution in [-0.4, -0.2) is 23.1 Å². The molecule has 24 heavy (non-hydrogen) atoms. The average Bonchev–Trinajstić information content (AvgIpc) is 2.78. The van der Waals surface area contributed by atoms with E-state index in [1.54, 1.807) is 6.20 Å². The van der Waals surface area contributed by atoms with Crippen molar-refractivity contribution in [3.8, 4) is 5.88 Å². The number of hydrogen-bond acceptors (Lipinski definition) is 3. The highest BCUT2D eigenvalue weighted by Gasteiger charge is 2.19. The SMILES string of the molecule is I.NC(=NCc1ccnc(OC2CCC2)c1)NC1CCCCCC1. The summed E-state index contributed by atoms with van der Waals surface area (Å²) in [4.78, 5) is 8.75. The molecule has 0 spiro atoms. The molecule has 1 aromatic rings. The van der Waals surface area contributed by atoms with Gasteiger partial charge in [-0.25, -0.2) is 9.98 Å². The Labute approximate surface area is 161 Å². The Bertz CT molecular complexity index is 526. The van der Waals surface area contributed by atoms with E-state index in [0.29, 0.717) is 30.5 Å². The van der Waals surface area contributed by atoms with Gasteiger partial charge in [0, 0.05) is 18.3 Å². The van der Waals surface area contributed by atoms with Crippen LogP contribution >= 0.6 is 24.0 Å². The Morgan fingerprint density at radius 2 is 1.92 bits per heavy atom. The summed E-state index contributed by atoms with van der Waals surface area (Å²) in [6, 6.07) is 4.42. The van der Waals surface area contributed by atoms with Gasteiger partial charge in [0.1, 0.15) is 6.10 Å². The minimum Gasteiger partial charge on any atom is -0.474 e. The fraction of sp³-hybridized carbons (Fsp3) is 0.667. The van der Waals surface area contributed by atoms with Gasteiger partial charge >= 0.3 is 0 Å². The lowest BCUT2D eigenvalue weighted by Gasteiger charge is -2.25. The summed E-state index contributed by atoms with van der Waals surface area (Å²) in [5.41, 5.74) is 7.13. The molecule has 3 N–H and O–H groups in total. The molecule has 0 radical (unpaired) electrons. The van der Waals surface area contributed by atoms with E-state index in [1.807, 2.05) is 12.1 Å². The van der Waals surface area contributed by atoms with Gasteiger partial charge in [0.15, 0.2) is 5.96 Å². The molecule has 5 nitrogen and oxygen atoms in total. The van der Waals surface area contributed by atoms with Crippen LogP contribution < -0.4 is 15.8 Å². The zero-order valence-electron chi connectivity index (χ0n) is 14.2. The van der Waals surface area contributed by atoms with E-state index in [-0.39, 0.29) is 24.0 Å². The second kappa shape index (κ2) is 10.1. The van der Waals surface area contributed by atoms with E-state index in [9.17, 15) is 0 Å². The first-order chi connectivity index (χ1) is 11.3. The van der Waals surface area contributed by atoms with E-state index in [2.05, 4.69) is 15.3 Å². The number of nitrogens with two attached hydrogens (primary N) is 1. The Morgan fingerprint density at radius 1 is 1.17 bits per heavy atom. The van der Waals surface area contributed by atoms with Crippen molar-refractivity contribution >= 4 is 29.9 Å². The molecule has 2 aliphatic carbocycles. The number of rotatable bonds is 5. The summed E-state index contributed by atoms with van der Waals surface area (Å²) in [5.74, 6) is 1.26. The fourth-order valence-corrected chi connectivity index (χ4v) is 3.13. The summed E-state index contributed by atoms with van der Waals surface area (Å²) in [7, 11) is 0. The topological polar surface area (TPSA) is 72.5 Å². The van der Waals surface area contributed by atoms with Gasteiger partial charge in [0.2, 0.25) is 5.88 Å². The Kier molecular flexibility index (Phi) is 8.08. The average molecular weight is 444 g/mol. The number of ether oxygens (including phenoxy) is 1. The standard InChI is InChI=1S/C18H28N4O.HI/c19-18(22-15-6-3-1-2-4-7-15)21-13-14-10-11-20-17(12-14)23-16-8-5-9-16;/h10-12,15-16H,1-9,13H2,(H3,19,21,22);1H. The van der Waals surface area contributed by atoms with E-state index >= 15 is 0 Å². The zero-order valence-corrected chi connectivity index (χ0v) is 16.6. The van der Waals surface area contributed by atoms with Crippen molar-refractivity contribution < 1.29 is 4.74 Å². The lowest BCUT2D eigenvalue weighted by atomic mass is 9.96. The Morgan fingerprint density at radius 3 is 2.58 bits per heavy atom. The molecule has 1 aromatic heterocycles. The van der Waals surface area contributed by atoms with Gasteiger partial charge in [-0.05, 0) is 43.7 Å². The van der Waals surface area contributed by atoms with Crippen molar-refractivity contribution in [1.29, 1.82) is 0 Å². The predicted molar refractivity (Wildman–Crippen MR) is 108 cm³/mol. The number of halogens is 1. The van der Waals surface area contributed by atoms with Gasteiger partial charge in [0.05, 0.1) is 6.54 Å². The molecule has 0 bridgehead atoms. The number of guanidine groups is 1. The van der Waals surface area contributed by atoms with Crippen LogP contribution in [0.2, 0.25) is 0 Å². The molecule has 134 valence electrons. The van der Waals surface area contributed by atoms with Crippen molar-refractivity contribution in [3.63, 3.8) is 0 Å². The van der Waals surface area contributed by atoms with Gasteiger partial charge in [-0.1, -0.05) is 25.7 Å². The molecular formula is C18H29IN4O. The van der Waals surface area contributed by atoms with Crippen molar-refractivity contribution in [3.05, 3.63) is 23.9 Å². The summed E-state index contributed by atoms with van der Waals surface area (Å²) in [6.07, 6.45) is 13.3. The lowest BCUT2D eigenvalue weighted by molar-refractivity contribution is 0.114. The van der Waals surface area contributed by atoms with Crippen LogP contribution in [0.3, 0.4) is 0 Å². The molecule has 0 unspecified atom stereocenters. The Hall–Kier alpha value is -1.05. The minimum absolute atomic E-state index is 0. The van der Waals surface area contributed by atoms with E-state index in [1.165, 1.54) is 44.9 Å². The second-order valence-electron chi connectivity index (χ2n) is 6.71. The van der Waals surface area contributed by atoms with Gasteiger partial charge in [0.25, 0.3) is 0 Å². The van der Waals surface area contributed by atoms with Gasteiger partial charge in [-0.3, -0.25) is 0 Å². The predicted octanol–water partition coefficient (Wildman–Crippen LogP) is 3.76. The van der Waals surface area contributed by atoms with Crippen molar-refractivity contribution in [2.45, 2.75) is 76.5 Å². The summed E-state index contributed by atoms with van der Waals surface area (Å²) < 4.78 is 5.83. The summed E-state index contributed by atoms with van der Waals surface area (Å²) in [6.45, 7) is 0.565. The molecule has 2 saturated carbocycles. The highest BCUT2D eigenvalue weighted by atomic mass is 127. The molecule has 0 amide bonds. The van der Waals surface area contributed by atoms with E-state index in [4.69, 9.17) is 10.5 Å². The van der Waals surface area contributed by atoms with Crippen LogP contribution in [0.25, 0.3) is 0 Å².